The van der Waals surface area contributed by atoms with Crippen molar-refractivity contribution in [2.75, 3.05) is 0 Å². The molecular formula is C20H16ClN5O. The molecule has 3 aromatic heterocycles. The Labute approximate surface area is 160 Å². The first-order valence-corrected chi connectivity index (χ1v) is 8.79. The van der Waals surface area contributed by atoms with Gasteiger partial charge in [-0.2, -0.15) is 5.10 Å². The molecule has 0 unspecified atom stereocenters. The third-order valence-corrected chi connectivity index (χ3v) is 4.65. The maximum Gasteiger partial charge on any atom is 0.254 e. The minimum Gasteiger partial charge on any atom is -0.348 e. The topological polar surface area (TPSA) is 72.7 Å². The molecule has 1 N–H and O–H groups in total. The zero-order valence-corrected chi connectivity index (χ0v) is 15.3. The molecule has 4 aromatic rings. The predicted octanol–water partition coefficient (Wildman–Crippen LogP) is 3.71. The van der Waals surface area contributed by atoms with Crippen LogP contribution in [0.2, 0.25) is 5.02 Å². The lowest BCUT2D eigenvalue weighted by atomic mass is 10.2. The second kappa shape index (κ2) is 7.17. The average molecular weight is 378 g/mol. The molecule has 0 atom stereocenters. The monoisotopic (exact) mass is 377 g/mol. The summed E-state index contributed by atoms with van der Waals surface area (Å²) in [5.74, 6) is -0.280. The second-order valence-electron chi connectivity index (χ2n) is 6.06. The van der Waals surface area contributed by atoms with Crippen LogP contribution in [-0.2, 0) is 6.54 Å². The Morgan fingerprint density at radius 3 is 2.63 bits per heavy atom. The molecule has 1 amide bonds. The van der Waals surface area contributed by atoms with Crippen LogP contribution >= 0.6 is 11.6 Å². The molecule has 3 heterocycles. The molecule has 4 rings (SSSR count). The van der Waals surface area contributed by atoms with Gasteiger partial charge in [0, 0.05) is 25.1 Å². The number of benzene rings is 1. The number of carbonyl (C=O) groups excluding carboxylic acids is 1. The first-order valence-electron chi connectivity index (χ1n) is 8.41. The van der Waals surface area contributed by atoms with E-state index < -0.39 is 0 Å². The van der Waals surface area contributed by atoms with Crippen molar-refractivity contribution in [2.45, 2.75) is 13.5 Å². The maximum atomic E-state index is 12.6. The lowest BCUT2D eigenvalue weighted by Crippen LogP contribution is -2.23. The van der Waals surface area contributed by atoms with Gasteiger partial charge in [0.2, 0.25) is 0 Å². The van der Waals surface area contributed by atoms with Crippen molar-refractivity contribution in [3.8, 4) is 5.69 Å². The largest absolute Gasteiger partial charge is 0.348 e. The quantitative estimate of drug-likeness (QED) is 0.588. The van der Waals surface area contributed by atoms with E-state index >= 15 is 0 Å². The number of aryl methyl sites for hydroxylation is 1. The summed E-state index contributed by atoms with van der Waals surface area (Å²) in [6.45, 7) is 2.24. The van der Waals surface area contributed by atoms with Crippen molar-refractivity contribution in [3.63, 3.8) is 0 Å². The highest BCUT2D eigenvalue weighted by molar-refractivity contribution is 6.38. The Morgan fingerprint density at radius 2 is 1.89 bits per heavy atom. The maximum absolute atomic E-state index is 12.6. The third-order valence-electron chi connectivity index (χ3n) is 4.26. The molecule has 0 saturated carbocycles. The van der Waals surface area contributed by atoms with E-state index in [2.05, 4.69) is 20.4 Å². The predicted molar refractivity (Wildman–Crippen MR) is 104 cm³/mol. The smallest absolute Gasteiger partial charge is 0.254 e. The molecule has 0 bridgehead atoms. The lowest BCUT2D eigenvalue weighted by molar-refractivity contribution is 0.0951. The van der Waals surface area contributed by atoms with Crippen LogP contribution in [0.4, 0.5) is 0 Å². The number of aromatic nitrogens is 4. The van der Waals surface area contributed by atoms with Gasteiger partial charge in [-0.05, 0) is 36.8 Å². The highest BCUT2D eigenvalue weighted by Gasteiger charge is 2.19. The van der Waals surface area contributed by atoms with Gasteiger partial charge in [0.05, 0.1) is 27.4 Å². The van der Waals surface area contributed by atoms with Crippen LogP contribution in [0.5, 0.6) is 0 Å². The fraction of sp³-hybridized carbons (Fsp3) is 0.100. The number of nitrogens with zero attached hydrogens (tertiary/aromatic N) is 4. The van der Waals surface area contributed by atoms with Crippen LogP contribution in [0.25, 0.3) is 16.7 Å². The number of fused-ring (bicyclic) bond motifs is 1. The van der Waals surface area contributed by atoms with Gasteiger partial charge >= 0.3 is 0 Å². The summed E-state index contributed by atoms with van der Waals surface area (Å²) in [4.78, 5) is 21.0. The summed E-state index contributed by atoms with van der Waals surface area (Å²) < 4.78 is 1.73. The Hall–Kier alpha value is -3.25. The van der Waals surface area contributed by atoms with Crippen molar-refractivity contribution in [1.29, 1.82) is 0 Å². The Morgan fingerprint density at radius 1 is 1.15 bits per heavy atom. The number of amides is 1. The molecule has 0 saturated heterocycles. The van der Waals surface area contributed by atoms with Crippen LogP contribution in [0.1, 0.15) is 21.6 Å². The van der Waals surface area contributed by atoms with E-state index in [1.165, 1.54) is 6.20 Å². The minimum absolute atomic E-state index is 0.280. The number of pyridine rings is 2. The molecule has 0 aliphatic heterocycles. The fourth-order valence-electron chi connectivity index (χ4n) is 2.89. The van der Waals surface area contributed by atoms with Crippen molar-refractivity contribution >= 4 is 28.5 Å². The van der Waals surface area contributed by atoms with Gasteiger partial charge in [0.15, 0.2) is 5.65 Å². The molecule has 0 fully saturated rings. The molecule has 0 spiro atoms. The highest BCUT2D eigenvalue weighted by Crippen LogP contribution is 2.29. The van der Waals surface area contributed by atoms with E-state index in [0.29, 0.717) is 28.2 Å². The lowest BCUT2D eigenvalue weighted by Gasteiger charge is -2.08. The van der Waals surface area contributed by atoms with Gasteiger partial charge in [-0.15, -0.1) is 0 Å². The molecule has 134 valence electrons. The number of para-hydroxylation sites is 1. The number of halogens is 1. The summed E-state index contributed by atoms with van der Waals surface area (Å²) in [6, 6.07) is 13.4. The Balaban J connectivity index is 1.68. The van der Waals surface area contributed by atoms with Crippen LogP contribution in [-0.4, -0.2) is 25.7 Å². The molecule has 1 aromatic carbocycles. The zero-order chi connectivity index (χ0) is 18.8. The fourth-order valence-corrected chi connectivity index (χ4v) is 3.25. The van der Waals surface area contributed by atoms with Crippen LogP contribution in [0.3, 0.4) is 0 Å². The van der Waals surface area contributed by atoms with Crippen molar-refractivity contribution in [3.05, 3.63) is 82.9 Å². The molecule has 27 heavy (non-hydrogen) atoms. The minimum atomic E-state index is -0.280. The SMILES string of the molecule is Cc1nn(-c2ccccc2)c2ncc(C(=O)NCc3ccncc3)c(Cl)c12. The number of hydrogen-bond acceptors (Lipinski definition) is 4. The molecule has 7 heteroatoms. The summed E-state index contributed by atoms with van der Waals surface area (Å²) in [5.41, 5.74) is 3.50. The molecule has 0 radical (unpaired) electrons. The molecule has 0 aliphatic carbocycles. The van der Waals surface area contributed by atoms with E-state index in [-0.39, 0.29) is 5.91 Å². The van der Waals surface area contributed by atoms with E-state index in [0.717, 1.165) is 16.9 Å². The summed E-state index contributed by atoms with van der Waals surface area (Å²) in [7, 11) is 0. The van der Waals surface area contributed by atoms with Gasteiger partial charge in [0.1, 0.15) is 0 Å². The van der Waals surface area contributed by atoms with Crippen molar-refractivity contribution in [1.82, 2.24) is 25.1 Å². The normalized spacial score (nSPS) is 10.9. The summed E-state index contributed by atoms with van der Waals surface area (Å²) >= 11 is 6.56. The molecular weight excluding hydrogens is 362 g/mol. The van der Waals surface area contributed by atoms with E-state index in [4.69, 9.17) is 11.6 Å². The molecule has 6 nitrogen and oxygen atoms in total. The standard InChI is InChI=1S/C20H16ClN5O/c1-13-17-18(21)16(20(27)24-11-14-7-9-22-10-8-14)12-23-19(17)26(25-13)15-5-3-2-4-6-15/h2-10,12H,11H2,1H3,(H,24,27). The summed E-state index contributed by atoms with van der Waals surface area (Å²) in [5, 5.41) is 8.44. The molecule has 0 aliphatic rings. The van der Waals surface area contributed by atoms with E-state index in [1.54, 1.807) is 17.1 Å². The van der Waals surface area contributed by atoms with Gasteiger partial charge in [-0.3, -0.25) is 9.78 Å². The van der Waals surface area contributed by atoms with E-state index in [1.807, 2.05) is 49.4 Å². The number of nitrogens with one attached hydrogen (secondary N) is 1. The first kappa shape index (κ1) is 17.2. The van der Waals surface area contributed by atoms with Crippen molar-refractivity contribution < 1.29 is 4.79 Å². The third kappa shape index (κ3) is 3.27. The second-order valence-corrected chi connectivity index (χ2v) is 6.43. The van der Waals surface area contributed by atoms with Gasteiger partial charge in [0.25, 0.3) is 5.91 Å². The average Bonchev–Trinajstić information content (AvgIpc) is 3.05. The van der Waals surface area contributed by atoms with Gasteiger partial charge in [-0.1, -0.05) is 29.8 Å². The van der Waals surface area contributed by atoms with Gasteiger partial charge < -0.3 is 5.32 Å². The van der Waals surface area contributed by atoms with Crippen LogP contribution in [0.15, 0.2) is 61.1 Å². The number of carbonyl (C=O) groups is 1. The Bertz CT molecular complexity index is 1110. The van der Waals surface area contributed by atoms with E-state index in [9.17, 15) is 4.79 Å². The van der Waals surface area contributed by atoms with Crippen LogP contribution < -0.4 is 5.32 Å². The number of rotatable bonds is 4. The zero-order valence-electron chi connectivity index (χ0n) is 14.6. The van der Waals surface area contributed by atoms with Crippen LogP contribution in [0, 0.1) is 6.92 Å². The first-order chi connectivity index (χ1) is 13.1. The highest BCUT2D eigenvalue weighted by atomic mass is 35.5. The van der Waals surface area contributed by atoms with Gasteiger partial charge in [-0.25, -0.2) is 9.67 Å². The summed E-state index contributed by atoms with van der Waals surface area (Å²) in [6.07, 6.45) is 4.86. The number of hydrogen-bond donors (Lipinski definition) is 1. The Kier molecular flexibility index (Phi) is 4.56. The van der Waals surface area contributed by atoms with Crippen molar-refractivity contribution in [2.24, 2.45) is 0 Å².